The number of morpholine rings is 1. The van der Waals surface area contributed by atoms with E-state index < -0.39 is 4.92 Å². The number of thioether (sulfide) groups is 1. The summed E-state index contributed by atoms with van der Waals surface area (Å²) < 4.78 is 10.4. The summed E-state index contributed by atoms with van der Waals surface area (Å²) in [5.41, 5.74) is 1.40. The Bertz CT molecular complexity index is 1220. The van der Waals surface area contributed by atoms with Gasteiger partial charge in [-0.15, -0.1) is 0 Å². The average Bonchev–Trinajstić information content (AvgIpc) is 3.17. The summed E-state index contributed by atoms with van der Waals surface area (Å²) in [6, 6.07) is 11.5. The summed E-state index contributed by atoms with van der Waals surface area (Å²) in [4.78, 5) is 44.9. The lowest BCUT2D eigenvalue weighted by Crippen LogP contribution is -2.40. The highest BCUT2D eigenvalue weighted by atomic mass is 32.2. The van der Waals surface area contributed by atoms with Gasteiger partial charge in [0.1, 0.15) is 0 Å². The SMILES string of the molecule is CCN1C(=O)/C(=C\c2ccc(OC)c([N+](=O)[O-])c2)SC1=Nc1cccc(C(=O)N2CCOCC2)c1. The van der Waals surface area contributed by atoms with Crippen molar-refractivity contribution in [2.75, 3.05) is 40.0 Å². The number of hydrogen-bond acceptors (Lipinski definition) is 8. The van der Waals surface area contributed by atoms with Gasteiger partial charge in [0.15, 0.2) is 10.9 Å². The van der Waals surface area contributed by atoms with Crippen LogP contribution in [0.2, 0.25) is 0 Å². The van der Waals surface area contributed by atoms with Crippen molar-refractivity contribution < 1.29 is 24.0 Å². The molecule has 2 saturated heterocycles. The summed E-state index contributed by atoms with van der Waals surface area (Å²) in [7, 11) is 1.36. The second-order valence-corrected chi connectivity index (χ2v) is 8.71. The monoisotopic (exact) mass is 496 g/mol. The van der Waals surface area contributed by atoms with Crippen LogP contribution in [0.1, 0.15) is 22.8 Å². The highest BCUT2D eigenvalue weighted by Gasteiger charge is 2.32. The molecule has 2 aliphatic rings. The summed E-state index contributed by atoms with van der Waals surface area (Å²) >= 11 is 1.18. The Morgan fingerprint density at radius 1 is 1.26 bits per heavy atom. The Hall–Kier alpha value is -3.70. The van der Waals surface area contributed by atoms with E-state index in [1.807, 2.05) is 6.92 Å². The Morgan fingerprint density at radius 2 is 2.03 bits per heavy atom. The fraction of sp³-hybridized carbons (Fsp3) is 0.292. The van der Waals surface area contributed by atoms with E-state index in [9.17, 15) is 19.7 Å². The van der Waals surface area contributed by atoms with Gasteiger partial charge in [-0.2, -0.15) is 0 Å². The Morgan fingerprint density at radius 3 is 2.71 bits per heavy atom. The number of carbonyl (C=O) groups excluding carboxylic acids is 2. The van der Waals surface area contributed by atoms with E-state index in [2.05, 4.69) is 4.99 Å². The first-order valence-corrected chi connectivity index (χ1v) is 11.8. The van der Waals surface area contributed by atoms with Gasteiger partial charge in [0, 0.05) is 31.3 Å². The maximum absolute atomic E-state index is 13.0. The maximum atomic E-state index is 13.0. The third-order valence-corrected chi connectivity index (χ3v) is 6.52. The second-order valence-electron chi connectivity index (χ2n) is 7.70. The lowest BCUT2D eigenvalue weighted by Gasteiger charge is -2.26. The van der Waals surface area contributed by atoms with Gasteiger partial charge in [-0.05, 0) is 54.6 Å². The topological polar surface area (TPSA) is 115 Å². The summed E-state index contributed by atoms with van der Waals surface area (Å²) in [5.74, 6) is -0.179. The van der Waals surface area contributed by atoms with E-state index in [4.69, 9.17) is 9.47 Å². The molecule has 2 aromatic rings. The third-order valence-electron chi connectivity index (χ3n) is 5.52. The number of aliphatic imine (C=N–C) groups is 1. The molecule has 0 spiro atoms. The van der Waals surface area contributed by atoms with Crippen molar-refractivity contribution in [3.63, 3.8) is 0 Å². The second kappa shape index (κ2) is 10.7. The number of likely N-dealkylation sites (N-methyl/N-ethyl adjacent to an activating group) is 1. The number of rotatable bonds is 6. The molecule has 0 radical (unpaired) electrons. The highest BCUT2D eigenvalue weighted by Crippen LogP contribution is 2.35. The van der Waals surface area contributed by atoms with Crippen LogP contribution >= 0.6 is 11.8 Å². The zero-order chi connectivity index (χ0) is 24.9. The molecule has 2 fully saturated rings. The molecule has 35 heavy (non-hydrogen) atoms. The van der Waals surface area contributed by atoms with Crippen LogP contribution in [-0.4, -0.2) is 71.7 Å². The lowest BCUT2D eigenvalue weighted by atomic mass is 10.1. The fourth-order valence-electron chi connectivity index (χ4n) is 3.73. The molecule has 0 saturated carbocycles. The first kappa shape index (κ1) is 24.4. The number of nitro benzene ring substituents is 1. The van der Waals surface area contributed by atoms with Crippen molar-refractivity contribution in [1.82, 2.24) is 9.80 Å². The molecule has 0 aromatic heterocycles. The average molecular weight is 497 g/mol. The Labute approximate surface area is 206 Å². The van der Waals surface area contributed by atoms with Crippen LogP contribution in [0.5, 0.6) is 5.75 Å². The number of methoxy groups -OCH3 is 1. The zero-order valence-electron chi connectivity index (χ0n) is 19.3. The number of benzene rings is 2. The zero-order valence-corrected chi connectivity index (χ0v) is 20.1. The van der Waals surface area contributed by atoms with Crippen molar-refractivity contribution in [3.8, 4) is 5.75 Å². The molecule has 182 valence electrons. The molecular formula is C24H24N4O6S. The van der Waals surface area contributed by atoms with Gasteiger partial charge in [-0.1, -0.05) is 12.1 Å². The van der Waals surface area contributed by atoms with E-state index in [1.165, 1.54) is 35.9 Å². The van der Waals surface area contributed by atoms with Gasteiger partial charge in [0.05, 0.1) is 35.8 Å². The molecule has 0 N–H and O–H groups in total. The van der Waals surface area contributed by atoms with E-state index in [-0.39, 0.29) is 23.3 Å². The number of amidine groups is 1. The smallest absolute Gasteiger partial charge is 0.311 e. The van der Waals surface area contributed by atoms with E-state index in [1.54, 1.807) is 41.3 Å². The standard InChI is InChI=1S/C24H24N4O6S/c1-3-27-23(30)21(14-16-7-8-20(33-2)19(13-16)28(31)32)35-24(27)25-18-6-4-5-17(15-18)22(29)26-9-11-34-12-10-26/h4-8,13-15H,3,9-12H2,1-2H3/b21-14+,25-24?. The molecule has 2 heterocycles. The molecule has 2 aliphatic heterocycles. The molecular weight excluding hydrogens is 472 g/mol. The van der Waals surface area contributed by atoms with Crippen molar-refractivity contribution in [2.24, 2.45) is 4.99 Å². The van der Waals surface area contributed by atoms with Crippen molar-refractivity contribution in [3.05, 3.63) is 68.6 Å². The molecule has 2 aromatic carbocycles. The van der Waals surface area contributed by atoms with Gasteiger partial charge in [0.25, 0.3) is 11.8 Å². The number of hydrogen-bond donors (Lipinski definition) is 0. The first-order chi connectivity index (χ1) is 16.9. The predicted molar refractivity (Wildman–Crippen MR) is 133 cm³/mol. The lowest BCUT2D eigenvalue weighted by molar-refractivity contribution is -0.385. The minimum absolute atomic E-state index is 0.0838. The normalized spacial score (nSPS) is 18.4. The number of nitrogens with zero attached hydrogens (tertiary/aromatic N) is 4. The van der Waals surface area contributed by atoms with Gasteiger partial charge in [-0.25, -0.2) is 4.99 Å². The molecule has 2 amide bonds. The fourth-order valence-corrected chi connectivity index (χ4v) is 4.79. The highest BCUT2D eigenvalue weighted by molar-refractivity contribution is 8.18. The molecule has 0 unspecified atom stereocenters. The summed E-state index contributed by atoms with van der Waals surface area (Å²) in [6.07, 6.45) is 1.60. The minimum atomic E-state index is -0.527. The predicted octanol–water partition coefficient (Wildman–Crippen LogP) is 3.70. The number of nitro groups is 1. The van der Waals surface area contributed by atoms with Gasteiger partial charge in [0.2, 0.25) is 0 Å². The van der Waals surface area contributed by atoms with E-state index >= 15 is 0 Å². The molecule has 0 aliphatic carbocycles. The molecule has 0 bridgehead atoms. The van der Waals surface area contributed by atoms with Gasteiger partial charge >= 0.3 is 5.69 Å². The van der Waals surface area contributed by atoms with Crippen molar-refractivity contribution in [2.45, 2.75) is 6.92 Å². The molecule has 10 nitrogen and oxygen atoms in total. The Balaban J connectivity index is 1.60. The van der Waals surface area contributed by atoms with Crippen LogP contribution in [0.25, 0.3) is 6.08 Å². The van der Waals surface area contributed by atoms with Gasteiger partial charge in [-0.3, -0.25) is 24.6 Å². The van der Waals surface area contributed by atoms with E-state index in [0.717, 1.165) is 0 Å². The van der Waals surface area contributed by atoms with Crippen LogP contribution in [-0.2, 0) is 9.53 Å². The molecule has 4 rings (SSSR count). The van der Waals surface area contributed by atoms with Crippen molar-refractivity contribution >= 4 is 46.2 Å². The van der Waals surface area contributed by atoms with Crippen LogP contribution in [0.15, 0.2) is 52.4 Å². The number of amides is 2. The molecule has 11 heteroatoms. The largest absolute Gasteiger partial charge is 0.490 e. The number of carbonyl (C=O) groups is 2. The number of ether oxygens (including phenoxy) is 2. The Kier molecular flexibility index (Phi) is 7.47. The molecule has 0 atom stereocenters. The van der Waals surface area contributed by atoms with Gasteiger partial charge < -0.3 is 14.4 Å². The maximum Gasteiger partial charge on any atom is 0.311 e. The third kappa shape index (κ3) is 5.36. The van der Waals surface area contributed by atoms with Crippen LogP contribution in [0.3, 0.4) is 0 Å². The summed E-state index contributed by atoms with van der Waals surface area (Å²) in [6.45, 7) is 4.37. The van der Waals surface area contributed by atoms with Crippen LogP contribution < -0.4 is 4.74 Å². The first-order valence-electron chi connectivity index (χ1n) is 11.0. The van der Waals surface area contributed by atoms with Crippen LogP contribution in [0.4, 0.5) is 11.4 Å². The quantitative estimate of drug-likeness (QED) is 0.340. The minimum Gasteiger partial charge on any atom is -0.490 e. The van der Waals surface area contributed by atoms with E-state index in [0.29, 0.717) is 59.7 Å². The summed E-state index contributed by atoms with van der Waals surface area (Å²) in [5, 5.41) is 11.8. The van der Waals surface area contributed by atoms with Crippen molar-refractivity contribution in [1.29, 1.82) is 0 Å². The van der Waals surface area contributed by atoms with Crippen LogP contribution in [0, 0.1) is 10.1 Å².